The predicted octanol–water partition coefficient (Wildman–Crippen LogP) is 0.715. The zero-order chi connectivity index (χ0) is 10.1. The third-order valence-electron chi connectivity index (χ3n) is 2.26. The summed E-state index contributed by atoms with van der Waals surface area (Å²) in [5.41, 5.74) is 6.88. The van der Waals surface area contributed by atoms with E-state index in [0.717, 1.165) is 10.9 Å². The highest BCUT2D eigenvalue weighted by Gasteiger charge is 2.05. The van der Waals surface area contributed by atoms with Crippen LogP contribution in [0.4, 0.5) is 0 Å². The van der Waals surface area contributed by atoms with E-state index in [1.165, 1.54) is 0 Å². The van der Waals surface area contributed by atoms with Gasteiger partial charge in [0.25, 0.3) is 0 Å². The van der Waals surface area contributed by atoms with E-state index in [-0.39, 0.29) is 12.3 Å². The summed E-state index contributed by atoms with van der Waals surface area (Å²) in [5, 5.41) is 5.12. The van der Waals surface area contributed by atoms with Crippen molar-refractivity contribution in [1.82, 2.24) is 9.78 Å². The van der Waals surface area contributed by atoms with Crippen molar-refractivity contribution in [3.8, 4) is 0 Å². The van der Waals surface area contributed by atoms with Gasteiger partial charge in [0.05, 0.1) is 18.3 Å². The summed E-state index contributed by atoms with van der Waals surface area (Å²) in [6.45, 7) is 0.0450. The maximum Gasteiger partial charge on any atom is 0.176 e. The van der Waals surface area contributed by atoms with Gasteiger partial charge in [0.2, 0.25) is 0 Å². The molecule has 1 heterocycles. The highest BCUT2D eigenvalue weighted by atomic mass is 16.1. The Hall–Kier alpha value is -1.68. The molecular weight excluding hydrogens is 178 g/mol. The number of hydrogen-bond donors (Lipinski definition) is 1. The van der Waals surface area contributed by atoms with Crippen molar-refractivity contribution in [2.45, 2.75) is 0 Å². The topological polar surface area (TPSA) is 60.9 Å². The third-order valence-corrected chi connectivity index (χ3v) is 2.26. The molecule has 0 aliphatic carbocycles. The maximum absolute atomic E-state index is 11.3. The van der Waals surface area contributed by atoms with Gasteiger partial charge in [-0.05, 0) is 6.07 Å². The van der Waals surface area contributed by atoms with Crippen molar-refractivity contribution in [3.05, 3.63) is 30.0 Å². The zero-order valence-corrected chi connectivity index (χ0v) is 7.90. The normalized spacial score (nSPS) is 10.7. The van der Waals surface area contributed by atoms with Crippen molar-refractivity contribution in [1.29, 1.82) is 0 Å². The molecule has 0 radical (unpaired) electrons. The Morgan fingerprint density at radius 3 is 3.07 bits per heavy atom. The number of benzene rings is 1. The zero-order valence-electron chi connectivity index (χ0n) is 7.90. The summed E-state index contributed by atoms with van der Waals surface area (Å²) >= 11 is 0. The summed E-state index contributed by atoms with van der Waals surface area (Å²) in [4.78, 5) is 11.3. The molecule has 0 spiro atoms. The van der Waals surface area contributed by atoms with Gasteiger partial charge in [-0.2, -0.15) is 5.10 Å². The van der Waals surface area contributed by atoms with E-state index in [0.29, 0.717) is 5.56 Å². The van der Waals surface area contributed by atoms with Crippen molar-refractivity contribution in [2.75, 3.05) is 6.54 Å². The number of ketones is 1. The van der Waals surface area contributed by atoms with Gasteiger partial charge in [-0.15, -0.1) is 0 Å². The van der Waals surface area contributed by atoms with Gasteiger partial charge < -0.3 is 5.73 Å². The summed E-state index contributed by atoms with van der Waals surface area (Å²) in [7, 11) is 1.85. The van der Waals surface area contributed by atoms with Crippen LogP contribution in [-0.2, 0) is 7.05 Å². The number of carbonyl (C=O) groups is 1. The number of hydrogen-bond acceptors (Lipinski definition) is 3. The molecule has 2 N–H and O–H groups in total. The van der Waals surface area contributed by atoms with Crippen LogP contribution >= 0.6 is 0 Å². The lowest BCUT2D eigenvalue weighted by Crippen LogP contribution is -2.13. The minimum atomic E-state index is -0.0481. The van der Waals surface area contributed by atoms with Gasteiger partial charge in [-0.1, -0.05) is 12.1 Å². The second-order valence-electron chi connectivity index (χ2n) is 3.17. The van der Waals surface area contributed by atoms with Crippen LogP contribution in [0.5, 0.6) is 0 Å². The molecule has 4 heteroatoms. The van der Waals surface area contributed by atoms with E-state index in [9.17, 15) is 4.79 Å². The third kappa shape index (κ3) is 1.29. The number of aryl methyl sites for hydroxylation is 1. The summed E-state index contributed by atoms with van der Waals surface area (Å²) < 4.78 is 1.74. The molecule has 0 fully saturated rings. The fourth-order valence-electron chi connectivity index (χ4n) is 1.44. The molecule has 2 rings (SSSR count). The van der Waals surface area contributed by atoms with Gasteiger partial charge in [0, 0.05) is 18.0 Å². The molecule has 4 nitrogen and oxygen atoms in total. The van der Waals surface area contributed by atoms with Gasteiger partial charge in [0.15, 0.2) is 5.78 Å². The lowest BCUT2D eigenvalue weighted by Gasteiger charge is -1.99. The van der Waals surface area contributed by atoms with E-state index >= 15 is 0 Å². The van der Waals surface area contributed by atoms with Gasteiger partial charge in [-0.3, -0.25) is 9.48 Å². The molecule has 1 aromatic heterocycles. The van der Waals surface area contributed by atoms with Crippen LogP contribution in [0.3, 0.4) is 0 Å². The van der Waals surface area contributed by atoms with Gasteiger partial charge in [-0.25, -0.2) is 0 Å². The summed E-state index contributed by atoms with van der Waals surface area (Å²) in [6, 6.07) is 5.47. The van der Waals surface area contributed by atoms with Crippen LogP contribution in [0.15, 0.2) is 24.4 Å². The summed E-state index contributed by atoms with van der Waals surface area (Å²) in [5.74, 6) is -0.0481. The average molecular weight is 189 g/mol. The number of carbonyl (C=O) groups excluding carboxylic acids is 1. The first-order valence-corrected chi connectivity index (χ1v) is 4.37. The Kier molecular flexibility index (Phi) is 2.05. The molecule has 0 atom stereocenters. The van der Waals surface area contributed by atoms with E-state index in [4.69, 9.17) is 5.73 Å². The number of aromatic nitrogens is 2. The molecular formula is C10H11N3O. The Balaban J connectivity index is 2.60. The number of rotatable bonds is 2. The van der Waals surface area contributed by atoms with Gasteiger partial charge in [0.1, 0.15) is 0 Å². The first kappa shape index (κ1) is 8.90. The van der Waals surface area contributed by atoms with Crippen molar-refractivity contribution < 1.29 is 4.79 Å². The standard InChI is InChI=1S/C10H11N3O/c1-13-9-4-7(10(14)5-11)2-3-8(9)6-12-13/h2-4,6H,5,11H2,1H3. The molecule has 0 aliphatic heterocycles. The minimum absolute atomic E-state index is 0.0450. The predicted molar refractivity (Wildman–Crippen MR) is 54.1 cm³/mol. The molecule has 0 saturated carbocycles. The first-order chi connectivity index (χ1) is 6.72. The van der Waals surface area contributed by atoms with Crippen LogP contribution in [0.25, 0.3) is 10.9 Å². The molecule has 0 amide bonds. The molecule has 0 saturated heterocycles. The highest BCUT2D eigenvalue weighted by molar-refractivity contribution is 6.00. The first-order valence-electron chi connectivity index (χ1n) is 4.37. The van der Waals surface area contributed by atoms with E-state index in [1.807, 2.05) is 19.2 Å². The SMILES string of the molecule is Cn1ncc2ccc(C(=O)CN)cc21. The molecule has 72 valence electrons. The smallest absolute Gasteiger partial charge is 0.176 e. The van der Waals surface area contributed by atoms with Crippen molar-refractivity contribution >= 4 is 16.7 Å². The second kappa shape index (κ2) is 3.23. The largest absolute Gasteiger partial charge is 0.324 e. The Morgan fingerprint density at radius 2 is 2.36 bits per heavy atom. The Labute approximate surface area is 81.3 Å². The summed E-state index contributed by atoms with van der Waals surface area (Å²) in [6.07, 6.45) is 1.77. The van der Waals surface area contributed by atoms with Crippen LogP contribution < -0.4 is 5.73 Å². The van der Waals surface area contributed by atoms with E-state index in [1.54, 1.807) is 16.9 Å². The van der Waals surface area contributed by atoms with Crippen molar-refractivity contribution in [3.63, 3.8) is 0 Å². The van der Waals surface area contributed by atoms with E-state index in [2.05, 4.69) is 5.10 Å². The maximum atomic E-state index is 11.3. The molecule has 0 unspecified atom stereocenters. The lowest BCUT2D eigenvalue weighted by molar-refractivity contribution is 0.100. The number of Topliss-reactive ketones (excluding diaryl/α,β-unsaturated/α-hetero) is 1. The lowest BCUT2D eigenvalue weighted by atomic mass is 10.1. The number of nitrogens with zero attached hydrogens (tertiary/aromatic N) is 2. The fourth-order valence-corrected chi connectivity index (χ4v) is 1.44. The fraction of sp³-hybridized carbons (Fsp3) is 0.200. The van der Waals surface area contributed by atoms with Crippen LogP contribution in [0.1, 0.15) is 10.4 Å². The minimum Gasteiger partial charge on any atom is -0.324 e. The molecule has 2 aromatic rings. The van der Waals surface area contributed by atoms with E-state index < -0.39 is 0 Å². The second-order valence-corrected chi connectivity index (χ2v) is 3.17. The van der Waals surface area contributed by atoms with Crippen LogP contribution in [-0.4, -0.2) is 22.1 Å². The number of nitrogens with two attached hydrogens (primary N) is 1. The molecule has 0 aliphatic rings. The molecule has 14 heavy (non-hydrogen) atoms. The quantitative estimate of drug-likeness (QED) is 0.708. The monoisotopic (exact) mass is 189 g/mol. The molecule has 1 aromatic carbocycles. The number of fused-ring (bicyclic) bond motifs is 1. The van der Waals surface area contributed by atoms with Crippen molar-refractivity contribution in [2.24, 2.45) is 12.8 Å². The highest BCUT2D eigenvalue weighted by Crippen LogP contribution is 2.14. The van der Waals surface area contributed by atoms with Crippen LogP contribution in [0.2, 0.25) is 0 Å². The Morgan fingerprint density at radius 1 is 1.57 bits per heavy atom. The van der Waals surface area contributed by atoms with Gasteiger partial charge >= 0.3 is 0 Å². The molecule has 0 bridgehead atoms. The Bertz CT molecular complexity index is 487. The van der Waals surface area contributed by atoms with Crippen LogP contribution in [0, 0.1) is 0 Å². The average Bonchev–Trinajstić information content (AvgIpc) is 2.59.